The summed E-state index contributed by atoms with van der Waals surface area (Å²) in [6.07, 6.45) is 7.82. The van der Waals surface area contributed by atoms with Crippen molar-refractivity contribution < 1.29 is 4.79 Å². The molecular weight excluding hydrogens is 268 g/mol. The highest BCUT2D eigenvalue weighted by molar-refractivity contribution is 7.99. The number of thioether (sulfide) groups is 1. The van der Waals surface area contributed by atoms with Gasteiger partial charge in [-0.3, -0.25) is 4.79 Å². The zero-order valence-electron chi connectivity index (χ0n) is 11.9. The van der Waals surface area contributed by atoms with E-state index in [1.54, 1.807) is 0 Å². The zero-order valence-corrected chi connectivity index (χ0v) is 12.8. The lowest BCUT2D eigenvalue weighted by Gasteiger charge is -2.23. The van der Waals surface area contributed by atoms with Crippen molar-refractivity contribution in [3.05, 3.63) is 29.3 Å². The molecule has 108 valence electrons. The number of carbonyl (C=O) groups is 1. The number of fused-ring (bicyclic) bond motifs is 1. The van der Waals surface area contributed by atoms with E-state index in [-0.39, 0.29) is 5.91 Å². The molecule has 1 saturated carbocycles. The molecule has 0 aromatic heterocycles. The summed E-state index contributed by atoms with van der Waals surface area (Å²) in [7, 11) is 0. The lowest BCUT2D eigenvalue weighted by Crippen LogP contribution is -2.39. The third-order valence-electron chi connectivity index (χ3n) is 4.41. The highest BCUT2D eigenvalue weighted by Crippen LogP contribution is 2.30. The first-order valence-electron chi connectivity index (χ1n) is 7.49. The molecule has 2 atom stereocenters. The van der Waals surface area contributed by atoms with Crippen LogP contribution in [-0.4, -0.2) is 30.0 Å². The van der Waals surface area contributed by atoms with Gasteiger partial charge >= 0.3 is 0 Å². The summed E-state index contributed by atoms with van der Waals surface area (Å²) in [4.78, 5) is 12.6. The third kappa shape index (κ3) is 2.66. The Hall–Kier alpha value is -1.16. The van der Waals surface area contributed by atoms with Gasteiger partial charge in [0.25, 0.3) is 5.91 Å². The minimum Gasteiger partial charge on any atom is -0.385 e. The Morgan fingerprint density at radius 2 is 2.25 bits per heavy atom. The number of benzene rings is 1. The SMILES string of the molecule is CSC1CCCC1NC(=O)c1cccc2c1CCCN2. The number of hydrogen-bond donors (Lipinski definition) is 2. The quantitative estimate of drug-likeness (QED) is 0.899. The van der Waals surface area contributed by atoms with Crippen LogP contribution >= 0.6 is 11.8 Å². The van der Waals surface area contributed by atoms with Gasteiger partial charge in [0.05, 0.1) is 0 Å². The summed E-state index contributed by atoms with van der Waals surface area (Å²) in [5.74, 6) is 0.108. The average Bonchev–Trinajstić information content (AvgIpc) is 2.93. The van der Waals surface area contributed by atoms with Crippen molar-refractivity contribution in [2.24, 2.45) is 0 Å². The molecule has 20 heavy (non-hydrogen) atoms. The standard InChI is InChI=1S/C16H22N2OS/c1-20-15-9-3-8-14(15)18-16(19)12-5-2-7-13-11(12)6-4-10-17-13/h2,5,7,14-15,17H,3-4,6,8-10H2,1H3,(H,18,19). The molecule has 0 saturated heterocycles. The maximum Gasteiger partial charge on any atom is 0.251 e. The van der Waals surface area contributed by atoms with Gasteiger partial charge in [-0.15, -0.1) is 0 Å². The van der Waals surface area contributed by atoms with Gasteiger partial charge in [-0.25, -0.2) is 0 Å². The third-order valence-corrected chi connectivity index (χ3v) is 5.58. The van der Waals surface area contributed by atoms with E-state index in [1.165, 1.54) is 18.4 Å². The van der Waals surface area contributed by atoms with Crippen LogP contribution in [-0.2, 0) is 6.42 Å². The molecule has 3 nitrogen and oxygen atoms in total. The van der Waals surface area contributed by atoms with Gasteiger partial charge < -0.3 is 10.6 Å². The van der Waals surface area contributed by atoms with Crippen molar-refractivity contribution in [3.8, 4) is 0 Å². The van der Waals surface area contributed by atoms with Crippen LogP contribution in [0.5, 0.6) is 0 Å². The number of amides is 1. The Bertz CT molecular complexity index is 503. The number of hydrogen-bond acceptors (Lipinski definition) is 3. The lowest BCUT2D eigenvalue weighted by molar-refractivity contribution is 0.0937. The van der Waals surface area contributed by atoms with E-state index in [2.05, 4.69) is 23.0 Å². The predicted octanol–water partition coefficient (Wildman–Crippen LogP) is 3.06. The molecule has 1 fully saturated rings. The molecule has 2 N–H and O–H groups in total. The summed E-state index contributed by atoms with van der Waals surface area (Å²) < 4.78 is 0. The summed E-state index contributed by atoms with van der Waals surface area (Å²) in [5.41, 5.74) is 3.19. The summed E-state index contributed by atoms with van der Waals surface area (Å²) in [6, 6.07) is 6.35. The van der Waals surface area contributed by atoms with Crippen LogP contribution in [0.2, 0.25) is 0 Å². The lowest BCUT2D eigenvalue weighted by atomic mass is 9.97. The first-order chi connectivity index (χ1) is 9.79. The fourth-order valence-electron chi connectivity index (χ4n) is 3.34. The van der Waals surface area contributed by atoms with Crippen molar-refractivity contribution in [3.63, 3.8) is 0 Å². The minimum atomic E-state index is 0.108. The van der Waals surface area contributed by atoms with Crippen molar-refractivity contribution in [2.75, 3.05) is 18.1 Å². The van der Waals surface area contributed by atoms with Crippen LogP contribution in [0.3, 0.4) is 0 Å². The van der Waals surface area contributed by atoms with E-state index in [1.807, 2.05) is 23.9 Å². The van der Waals surface area contributed by atoms with E-state index in [4.69, 9.17) is 0 Å². The van der Waals surface area contributed by atoms with Crippen LogP contribution in [0.25, 0.3) is 0 Å². The van der Waals surface area contributed by atoms with E-state index >= 15 is 0 Å². The van der Waals surface area contributed by atoms with E-state index in [0.717, 1.165) is 37.1 Å². The van der Waals surface area contributed by atoms with Crippen LogP contribution in [0.15, 0.2) is 18.2 Å². The molecule has 0 spiro atoms. The maximum atomic E-state index is 12.6. The minimum absolute atomic E-state index is 0.108. The van der Waals surface area contributed by atoms with Gasteiger partial charge in [-0.1, -0.05) is 12.5 Å². The van der Waals surface area contributed by atoms with Crippen LogP contribution in [0.1, 0.15) is 41.6 Å². The normalized spacial score (nSPS) is 24.9. The number of rotatable bonds is 3. The molecule has 1 aromatic carbocycles. The monoisotopic (exact) mass is 290 g/mol. The van der Waals surface area contributed by atoms with Crippen LogP contribution in [0, 0.1) is 0 Å². The number of nitrogens with one attached hydrogen (secondary N) is 2. The summed E-state index contributed by atoms with van der Waals surface area (Å²) in [6.45, 7) is 1.01. The second-order valence-corrected chi connectivity index (χ2v) is 6.72. The Labute approximate surface area is 124 Å². The Kier molecular flexibility index (Phi) is 4.20. The van der Waals surface area contributed by atoms with E-state index in [9.17, 15) is 4.79 Å². The van der Waals surface area contributed by atoms with Crippen molar-refractivity contribution in [1.29, 1.82) is 0 Å². The van der Waals surface area contributed by atoms with Gasteiger partial charge in [0.1, 0.15) is 0 Å². The van der Waals surface area contributed by atoms with Gasteiger partial charge in [0.2, 0.25) is 0 Å². The van der Waals surface area contributed by atoms with Crippen molar-refractivity contribution >= 4 is 23.4 Å². The van der Waals surface area contributed by atoms with E-state index < -0.39 is 0 Å². The van der Waals surface area contributed by atoms with Crippen molar-refractivity contribution in [2.45, 2.75) is 43.4 Å². The highest BCUT2D eigenvalue weighted by Gasteiger charge is 2.28. The van der Waals surface area contributed by atoms with Gasteiger partial charge in [0, 0.05) is 29.1 Å². The number of anilines is 1. The number of carbonyl (C=O) groups excluding carboxylic acids is 1. The fourth-order valence-corrected chi connectivity index (χ4v) is 4.28. The second-order valence-electron chi connectivity index (χ2n) is 5.65. The molecule has 1 aliphatic heterocycles. The first-order valence-corrected chi connectivity index (χ1v) is 8.78. The topological polar surface area (TPSA) is 41.1 Å². The van der Waals surface area contributed by atoms with Crippen LogP contribution < -0.4 is 10.6 Å². The molecule has 2 aliphatic rings. The predicted molar refractivity (Wildman–Crippen MR) is 85.7 cm³/mol. The fraction of sp³-hybridized carbons (Fsp3) is 0.562. The molecular formula is C16H22N2OS. The maximum absolute atomic E-state index is 12.6. The molecule has 2 unspecified atom stereocenters. The Balaban J connectivity index is 1.77. The highest BCUT2D eigenvalue weighted by atomic mass is 32.2. The largest absolute Gasteiger partial charge is 0.385 e. The molecule has 3 rings (SSSR count). The first kappa shape index (κ1) is 13.8. The molecule has 1 aliphatic carbocycles. The van der Waals surface area contributed by atoms with Gasteiger partial charge in [-0.05, 0) is 49.6 Å². The summed E-state index contributed by atoms with van der Waals surface area (Å²) >= 11 is 1.88. The van der Waals surface area contributed by atoms with Crippen molar-refractivity contribution in [1.82, 2.24) is 5.32 Å². The molecule has 0 bridgehead atoms. The average molecular weight is 290 g/mol. The second kappa shape index (κ2) is 6.08. The van der Waals surface area contributed by atoms with Crippen LogP contribution in [0.4, 0.5) is 5.69 Å². The molecule has 1 aromatic rings. The smallest absolute Gasteiger partial charge is 0.251 e. The molecule has 1 amide bonds. The van der Waals surface area contributed by atoms with Gasteiger partial charge in [0.15, 0.2) is 0 Å². The molecule has 0 radical (unpaired) electrons. The van der Waals surface area contributed by atoms with Gasteiger partial charge in [-0.2, -0.15) is 11.8 Å². The van der Waals surface area contributed by atoms with E-state index in [0.29, 0.717) is 11.3 Å². The molecule has 4 heteroatoms. The molecule has 1 heterocycles. The zero-order chi connectivity index (χ0) is 13.9. The Morgan fingerprint density at radius 3 is 3.10 bits per heavy atom. The summed E-state index contributed by atoms with van der Waals surface area (Å²) in [5, 5.41) is 7.23. The Morgan fingerprint density at radius 1 is 1.35 bits per heavy atom.